The number of amides is 3. The third-order valence-electron chi connectivity index (χ3n) is 2.84. The molecule has 0 radical (unpaired) electrons. The van der Waals surface area contributed by atoms with Crippen LogP contribution >= 0.6 is 0 Å². The molecule has 0 aliphatic rings. The molecule has 1 atom stereocenters. The standard InChI is InChI=1S/C18H21N3O4/c1-12(16(23)20-17(24)21-18(2,3)4)25-15(22)10-9-13-5-7-14(11-19)8-6-13/h5-10,12H,1-4H3,(H2,20,21,23,24)/b10-9+/t12-/m1/s1. The lowest BCUT2D eigenvalue weighted by Crippen LogP contribution is -2.50. The van der Waals surface area contributed by atoms with Gasteiger partial charge in [0.1, 0.15) is 0 Å². The van der Waals surface area contributed by atoms with Crippen LogP contribution in [0, 0.1) is 11.3 Å². The van der Waals surface area contributed by atoms with E-state index in [1.54, 1.807) is 45.0 Å². The van der Waals surface area contributed by atoms with Crippen LogP contribution in [-0.4, -0.2) is 29.6 Å². The lowest BCUT2D eigenvalue weighted by Gasteiger charge is -2.21. The van der Waals surface area contributed by atoms with Crippen LogP contribution in [0.3, 0.4) is 0 Å². The molecule has 0 saturated heterocycles. The molecule has 2 N–H and O–H groups in total. The van der Waals surface area contributed by atoms with Crippen LogP contribution in [0.15, 0.2) is 30.3 Å². The molecule has 1 aromatic rings. The molecule has 0 aromatic heterocycles. The maximum absolute atomic E-state index is 11.8. The third kappa shape index (κ3) is 7.79. The van der Waals surface area contributed by atoms with E-state index in [0.717, 1.165) is 0 Å². The van der Waals surface area contributed by atoms with Crippen molar-refractivity contribution in [3.8, 4) is 6.07 Å². The van der Waals surface area contributed by atoms with Gasteiger partial charge in [-0.25, -0.2) is 9.59 Å². The van der Waals surface area contributed by atoms with E-state index >= 15 is 0 Å². The van der Waals surface area contributed by atoms with Gasteiger partial charge in [-0.2, -0.15) is 5.26 Å². The first-order valence-electron chi connectivity index (χ1n) is 7.62. The fourth-order valence-electron chi connectivity index (χ4n) is 1.69. The Hall–Kier alpha value is -3.14. The highest BCUT2D eigenvalue weighted by atomic mass is 16.5. The first-order valence-corrected chi connectivity index (χ1v) is 7.62. The zero-order valence-corrected chi connectivity index (χ0v) is 14.6. The minimum absolute atomic E-state index is 0.492. The maximum atomic E-state index is 11.8. The third-order valence-corrected chi connectivity index (χ3v) is 2.84. The fraction of sp³-hybridized carbons (Fsp3) is 0.333. The predicted molar refractivity (Wildman–Crippen MR) is 92.2 cm³/mol. The molecule has 0 bridgehead atoms. The van der Waals surface area contributed by atoms with Gasteiger partial charge in [0.2, 0.25) is 0 Å². The number of carbonyl (C=O) groups excluding carboxylic acids is 3. The smallest absolute Gasteiger partial charge is 0.331 e. The molecule has 7 nitrogen and oxygen atoms in total. The summed E-state index contributed by atoms with van der Waals surface area (Å²) in [6.07, 6.45) is 1.55. The van der Waals surface area contributed by atoms with Crippen LogP contribution in [0.2, 0.25) is 0 Å². The van der Waals surface area contributed by atoms with Gasteiger partial charge in [-0.05, 0) is 51.5 Å². The largest absolute Gasteiger partial charge is 0.449 e. The molecule has 25 heavy (non-hydrogen) atoms. The second-order valence-electron chi connectivity index (χ2n) is 6.34. The Kier molecular flexibility index (Phi) is 6.88. The van der Waals surface area contributed by atoms with E-state index in [1.807, 2.05) is 6.07 Å². The normalized spacial score (nSPS) is 12.1. The quantitative estimate of drug-likeness (QED) is 0.643. The molecule has 7 heteroatoms. The monoisotopic (exact) mass is 343 g/mol. The average molecular weight is 343 g/mol. The van der Waals surface area contributed by atoms with Gasteiger partial charge < -0.3 is 10.1 Å². The topological polar surface area (TPSA) is 108 Å². The number of urea groups is 1. The van der Waals surface area contributed by atoms with E-state index in [1.165, 1.54) is 19.1 Å². The molecular weight excluding hydrogens is 322 g/mol. The van der Waals surface area contributed by atoms with Crippen LogP contribution in [0.25, 0.3) is 6.08 Å². The summed E-state index contributed by atoms with van der Waals surface area (Å²) in [6.45, 7) is 6.69. The van der Waals surface area contributed by atoms with Crippen LogP contribution < -0.4 is 10.6 Å². The molecule has 0 unspecified atom stereocenters. The minimum atomic E-state index is -1.12. The van der Waals surface area contributed by atoms with Crippen molar-refractivity contribution in [1.29, 1.82) is 5.26 Å². The van der Waals surface area contributed by atoms with E-state index in [2.05, 4.69) is 10.6 Å². The predicted octanol–water partition coefficient (Wildman–Crippen LogP) is 2.13. The summed E-state index contributed by atoms with van der Waals surface area (Å²) in [7, 11) is 0. The zero-order chi connectivity index (χ0) is 19.0. The first kappa shape index (κ1) is 19.9. The van der Waals surface area contributed by atoms with Gasteiger partial charge in [0, 0.05) is 11.6 Å². The number of esters is 1. The summed E-state index contributed by atoms with van der Waals surface area (Å²) in [5.41, 5.74) is 0.727. The molecule has 0 aliphatic carbocycles. The Morgan fingerprint density at radius 3 is 2.32 bits per heavy atom. The summed E-state index contributed by atoms with van der Waals surface area (Å²) in [4.78, 5) is 35.1. The number of rotatable bonds is 4. The zero-order valence-electron chi connectivity index (χ0n) is 14.6. The van der Waals surface area contributed by atoms with E-state index < -0.39 is 29.6 Å². The van der Waals surface area contributed by atoms with Gasteiger partial charge in [-0.15, -0.1) is 0 Å². The van der Waals surface area contributed by atoms with Crippen molar-refractivity contribution < 1.29 is 19.1 Å². The second kappa shape index (κ2) is 8.64. The maximum Gasteiger partial charge on any atom is 0.331 e. The number of hydrogen-bond donors (Lipinski definition) is 2. The Balaban J connectivity index is 2.52. The van der Waals surface area contributed by atoms with Crippen molar-refractivity contribution in [1.82, 2.24) is 10.6 Å². The number of ether oxygens (including phenoxy) is 1. The Morgan fingerprint density at radius 2 is 1.80 bits per heavy atom. The summed E-state index contributed by atoms with van der Waals surface area (Å²) in [5.74, 6) is -1.44. The fourth-order valence-corrected chi connectivity index (χ4v) is 1.69. The highest BCUT2D eigenvalue weighted by molar-refractivity contribution is 5.98. The van der Waals surface area contributed by atoms with E-state index in [4.69, 9.17) is 10.00 Å². The van der Waals surface area contributed by atoms with E-state index in [-0.39, 0.29) is 0 Å². The lowest BCUT2D eigenvalue weighted by atomic mass is 10.1. The average Bonchev–Trinajstić information content (AvgIpc) is 2.51. The molecule has 0 saturated carbocycles. The second-order valence-corrected chi connectivity index (χ2v) is 6.34. The summed E-state index contributed by atoms with van der Waals surface area (Å²) >= 11 is 0. The van der Waals surface area contributed by atoms with E-state index in [0.29, 0.717) is 11.1 Å². The van der Waals surface area contributed by atoms with Gasteiger partial charge in [0.25, 0.3) is 5.91 Å². The van der Waals surface area contributed by atoms with Crippen molar-refractivity contribution in [2.24, 2.45) is 0 Å². The highest BCUT2D eigenvalue weighted by Gasteiger charge is 2.21. The van der Waals surface area contributed by atoms with Crippen LogP contribution in [0.5, 0.6) is 0 Å². The van der Waals surface area contributed by atoms with Gasteiger partial charge in [-0.3, -0.25) is 10.1 Å². The molecule has 1 aromatic carbocycles. The van der Waals surface area contributed by atoms with E-state index in [9.17, 15) is 14.4 Å². The van der Waals surface area contributed by atoms with Crippen molar-refractivity contribution >= 4 is 24.0 Å². The Bertz CT molecular complexity index is 709. The molecule has 0 aliphatic heterocycles. The van der Waals surface area contributed by atoms with Gasteiger partial charge in [0.05, 0.1) is 11.6 Å². The Morgan fingerprint density at radius 1 is 1.20 bits per heavy atom. The highest BCUT2D eigenvalue weighted by Crippen LogP contribution is 2.06. The van der Waals surface area contributed by atoms with Crippen LogP contribution in [0.4, 0.5) is 4.79 Å². The summed E-state index contributed by atoms with van der Waals surface area (Å²) in [5, 5.41) is 13.4. The number of nitriles is 1. The summed E-state index contributed by atoms with van der Waals surface area (Å²) in [6, 6.07) is 7.93. The molecule has 3 amide bonds. The number of imide groups is 1. The Labute approximate surface area is 146 Å². The molecule has 0 heterocycles. The molecule has 0 spiro atoms. The molecule has 132 valence electrons. The van der Waals surface area contributed by atoms with Crippen molar-refractivity contribution in [3.05, 3.63) is 41.5 Å². The number of nitrogens with zero attached hydrogens (tertiary/aromatic N) is 1. The van der Waals surface area contributed by atoms with Crippen LogP contribution in [-0.2, 0) is 14.3 Å². The van der Waals surface area contributed by atoms with Crippen molar-refractivity contribution in [3.63, 3.8) is 0 Å². The number of hydrogen-bond acceptors (Lipinski definition) is 5. The number of carbonyl (C=O) groups is 3. The number of benzene rings is 1. The molecule has 1 rings (SSSR count). The first-order chi connectivity index (χ1) is 11.6. The number of nitrogens with one attached hydrogen (secondary N) is 2. The SMILES string of the molecule is C[C@@H](OC(=O)/C=C/c1ccc(C#N)cc1)C(=O)NC(=O)NC(C)(C)C. The molecular formula is C18H21N3O4. The van der Waals surface area contributed by atoms with Gasteiger partial charge in [0.15, 0.2) is 6.10 Å². The van der Waals surface area contributed by atoms with Gasteiger partial charge in [-0.1, -0.05) is 12.1 Å². The van der Waals surface area contributed by atoms with Crippen molar-refractivity contribution in [2.75, 3.05) is 0 Å². The van der Waals surface area contributed by atoms with Crippen molar-refractivity contribution in [2.45, 2.75) is 39.3 Å². The minimum Gasteiger partial charge on any atom is -0.449 e. The lowest BCUT2D eigenvalue weighted by molar-refractivity contribution is -0.149. The van der Waals surface area contributed by atoms with Crippen LogP contribution in [0.1, 0.15) is 38.8 Å². The summed E-state index contributed by atoms with van der Waals surface area (Å²) < 4.78 is 4.94. The van der Waals surface area contributed by atoms with Gasteiger partial charge >= 0.3 is 12.0 Å². The molecule has 0 fully saturated rings.